The number of nitrogens with zero attached hydrogens (tertiary/aromatic N) is 6. The number of ether oxygens (including phenoxy) is 1. The van der Waals surface area contributed by atoms with E-state index in [1.165, 1.54) is 10.9 Å². The van der Waals surface area contributed by atoms with E-state index >= 15 is 0 Å². The van der Waals surface area contributed by atoms with Crippen LogP contribution in [0.3, 0.4) is 0 Å². The van der Waals surface area contributed by atoms with Crippen molar-refractivity contribution in [2.75, 3.05) is 0 Å². The van der Waals surface area contributed by atoms with Crippen LogP contribution in [-0.4, -0.2) is 28.9 Å². The minimum absolute atomic E-state index is 0.392. The summed E-state index contributed by atoms with van der Waals surface area (Å²) in [7, 11) is 0. The van der Waals surface area contributed by atoms with Gasteiger partial charge in [0.2, 0.25) is 0 Å². The molecule has 266 valence electrons. The normalized spacial score (nSPS) is 11.8. The van der Waals surface area contributed by atoms with Crippen LogP contribution in [-0.2, 0) is 0 Å². The van der Waals surface area contributed by atoms with Crippen LogP contribution in [0.15, 0.2) is 152 Å². The maximum absolute atomic E-state index is 6.72. The third-order valence-corrected chi connectivity index (χ3v) is 10.7. The van der Waals surface area contributed by atoms with Gasteiger partial charge in [-0.05, 0) is 104 Å². The van der Waals surface area contributed by atoms with Crippen LogP contribution in [0.1, 0.15) is 36.7 Å². The number of aromatic nitrogens is 6. The number of pyridine rings is 2. The quantitative estimate of drug-likeness (QED) is 0.165. The van der Waals surface area contributed by atoms with Gasteiger partial charge in [-0.2, -0.15) is 5.10 Å². The summed E-state index contributed by atoms with van der Waals surface area (Å²) in [6.07, 6.45) is 3.80. The fraction of sp³-hybridized carbons (Fsp3) is 0.104. The Morgan fingerprint density at radius 2 is 1.07 bits per heavy atom. The van der Waals surface area contributed by atoms with E-state index in [0.29, 0.717) is 5.92 Å². The molecule has 0 radical (unpaired) electrons. The lowest BCUT2D eigenvalue weighted by Gasteiger charge is -2.12. The Balaban J connectivity index is 1.08. The van der Waals surface area contributed by atoms with Crippen molar-refractivity contribution in [2.24, 2.45) is 0 Å². The molecule has 0 aliphatic carbocycles. The molecule has 5 aromatic carbocycles. The highest BCUT2D eigenvalue weighted by atomic mass is 16.5. The Bertz CT molecular complexity index is 3080. The molecule has 0 saturated heterocycles. The Kier molecular flexibility index (Phi) is 7.63. The van der Waals surface area contributed by atoms with Gasteiger partial charge >= 0.3 is 0 Å². The molecule has 10 rings (SSSR count). The number of rotatable bonds is 7. The van der Waals surface area contributed by atoms with Gasteiger partial charge in [-0.1, -0.05) is 68.4 Å². The van der Waals surface area contributed by atoms with E-state index in [-0.39, 0.29) is 0 Å². The minimum Gasteiger partial charge on any atom is -0.457 e. The van der Waals surface area contributed by atoms with E-state index in [2.05, 4.69) is 158 Å². The van der Waals surface area contributed by atoms with E-state index in [1.807, 2.05) is 35.3 Å². The smallest absolute Gasteiger partial charge is 0.138 e. The average molecular weight is 715 g/mol. The molecule has 0 spiro atoms. The number of fused-ring (bicyclic) bond motifs is 6. The molecule has 5 aromatic heterocycles. The van der Waals surface area contributed by atoms with Gasteiger partial charge in [0.05, 0.1) is 33.4 Å². The van der Waals surface area contributed by atoms with Crippen molar-refractivity contribution >= 4 is 43.6 Å². The van der Waals surface area contributed by atoms with Gasteiger partial charge in [0.15, 0.2) is 0 Å². The van der Waals surface area contributed by atoms with Crippen molar-refractivity contribution in [1.82, 2.24) is 28.9 Å². The number of para-hydroxylation sites is 3. The van der Waals surface area contributed by atoms with Gasteiger partial charge in [-0.3, -0.25) is 9.13 Å². The zero-order chi connectivity index (χ0) is 37.2. The van der Waals surface area contributed by atoms with Crippen LogP contribution in [0.2, 0.25) is 0 Å². The molecule has 0 bridgehead atoms. The zero-order valence-corrected chi connectivity index (χ0v) is 31.1. The van der Waals surface area contributed by atoms with Crippen molar-refractivity contribution in [3.05, 3.63) is 169 Å². The average Bonchev–Trinajstić information content (AvgIpc) is 3.83. The number of benzene rings is 5. The maximum Gasteiger partial charge on any atom is 0.138 e. The zero-order valence-electron chi connectivity index (χ0n) is 31.1. The van der Waals surface area contributed by atoms with E-state index in [9.17, 15) is 0 Å². The van der Waals surface area contributed by atoms with E-state index in [4.69, 9.17) is 19.8 Å². The van der Waals surface area contributed by atoms with Crippen LogP contribution in [0.5, 0.6) is 11.5 Å². The molecule has 0 amide bonds. The van der Waals surface area contributed by atoms with Gasteiger partial charge < -0.3 is 4.74 Å². The first kappa shape index (κ1) is 32.6. The molecule has 0 aliphatic rings. The second kappa shape index (κ2) is 12.8. The first-order valence-electron chi connectivity index (χ1n) is 18.7. The molecule has 0 saturated carbocycles. The molecule has 0 aliphatic heterocycles. The van der Waals surface area contributed by atoms with Gasteiger partial charge in [-0.25, -0.2) is 14.6 Å². The predicted molar refractivity (Wildman–Crippen MR) is 223 cm³/mol. The van der Waals surface area contributed by atoms with Crippen LogP contribution >= 0.6 is 0 Å². The topological polar surface area (TPSA) is 62.7 Å². The number of hydrogen-bond acceptors (Lipinski definition) is 4. The highest BCUT2D eigenvalue weighted by molar-refractivity contribution is 6.10. The van der Waals surface area contributed by atoms with Crippen LogP contribution < -0.4 is 4.74 Å². The molecule has 55 heavy (non-hydrogen) atoms. The van der Waals surface area contributed by atoms with Gasteiger partial charge in [0, 0.05) is 57.3 Å². The lowest BCUT2D eigenvalue weighted by molar-refractivity contribution is 0.484. The lowest BCUT2D eigenvalue weighted by Crippen LogP contribution is -2.00. The molecule has 0 atom stereocenters. The fourth-order valence-corrected chi connectivity index (χ4v) is 8.15. The standard InChI is InChI=1S/C48H38N6O/c1-30(2)33-22-24-49-46(26-33)52-42-16-10-8-14-38(42)40-20-18-36(28-44(40)52)55-37-19-21-41-39-15-9-11-17-43(39)53(45(41)29-37)47-27-34(23-25-50-47)48-31(3)51-54(32(48)4)35-12-6-5-7-13-35/h5-30H,1-4H3. The summed E-state index contributed by atoms with van der Waals surface area (Å²) < 4.78 is 13.2. The van der Waals surface area contributed by atoms with Gasteiger partial charge in [0.1, 0.15) is 23.1 Å². The third kappa shape index (κ3) is 5.38. The minimum atomic E-state index is 0.392. The van der Waals surface area contributed by atoms with Crippen molar-refractivity contribution in [3.63, 3.8) is 0 Å². The Hall–Kier alpha value is -6.99. The summed E-state index contributed by atoms with van der Waals surface area (Å²) in [6, 6.07) is 48.5. The van der Waals surface area contributed by atoms with Gasteiger partial charge in [0.25, 0.3) is 0 Å². The molecular formula is C48H38N6O. The summed E-state index contributed by atoms with van der Waals surface area (Å²) in [6.45, 7) is 8.62. The van der Waals surface area contributed by atoms with Crippen LogP contribution in [0.4, 0.5) is 0 Å². The second-order valence-corrected chi connectivity index (χ2v) is 14.5. The van der Waals surface area contributed by atoms with Crippen molar-refractivity contribution < 1.29 is 4.74 Å². The van der Waals surface area contributed by atoms with E-state index in [1.54, 1.807) is 0 Å². The molecule has 7 nitrogen and oxygen atoms in total. The Morgan fingerprint density at radius 1 is 0.527 bits per heavy atom. The molecule has 10 aromatic rings. The maximum atomic E-state index is 6.72. The first-order chi connectivity index (χ1) is 26.9. The number of aryl methyl sites for hydroxylation is 1. The van der Waals surface area contributed by atoms with E-state index < -0.39 is 0 Å². The largest absolute Gasteiger partial charge is 0.457 e. The molecular weight excluding hydrogens is 677 g/mol. The molecule has 0 unspecified atom stereocenters. The SMILES string of the molecule is Cc1nn(-c2ccccc2)c(C)c1-c1ccnc(-n2c3ccccc3c3ccc(Oc4ccc5c6ccccc6n(-c6cc(C(C)C)ccn6)c5c4)cc32)c1. The number of hydrogen-bond donors (Lipinski definition) is 0. The summed E-state index contributed by atoms with van der Waals surface area (Å²) >= 11 is 0. The van der Waals surface area contributed by atoms with E-state index in [0.717, 1.165) is 89.6 Å². The third-order valence-electron chi connectivity index (χ3n) is 10.7. The summed E-state index contributed by atoms with van der Waals surface area (Å²) in [5, 5.41) is 9.55. The Morgan fingerprint density at radius 3 is 1.69 bits per heavy atom. The van der Waals surface area contributed by atoms with Gasteiger partial charge in [-0.15, -0.1) is 0 Å². The highest BCUT2D eigenvalue weighted by Crippen LogP contribution is 2.39. The summed E-state index contributed by atoms with van der Waals surface area (Å²) in [5.74, 6) is 3.61. The van der Waals surface area contributed by atoms with Crippen molar-refractivity contribution in [2.45, 2.75) is 33.6 Å². The first-order valence-corrected chi connectivity index (χ1v) is 18.7. The Labute approximate surface area is 318 Å². The molecule has 5 heterocycles. The summed E-state index contributed by atoms with van der Waals surface area (Å²) in [4.78, 5) is 9.77. The molecule has 0 N–H and O–H groups in total. The highest BCUT2D eigenvalue weighted by Gasteiger charge is 2.19. The fourth-order valence-electron chi connectivity index (χ4n) is 8.15. The second-order valence-electron chi connectivity index (χ2n) is 14.5. The molecule has 7 heteroatoms. The lowest BCUT2D eigenvalue weighted by atomic mass is 10.0. The molecule has 0 fully saturated rings. The predicted octanol–water partition coefficient (Wildman–Crippen LogP) is 12.1. The van der Waals surface area contributed by atoms with Crippen molar-refractivity contribution in [3.8, 4) is 39.9 Å². The van der Waals surface area contributed by atoms with Crippen LogP contribution in [0, 0.1) is 13.8 Å². The monoisotopic (exact) mass is 714 g/mol. The van der Waals surface area contributed by atoms with Crippen molar-refractivity contribution in [1.29, 1.82) is 0 Å². The van der Waals surface area contributed by atoms with Crippen LogP contribution in [0.25, 0.3) is 72.1 Å². The summed E-state index contributed by atoms with van der Waals surface area (Å²) in [5.41, 5.74) is 10.8.